The average Bonchev–Trinajstić information content (AvgIpc) is 2.82. The number of nitrogens with one attached hydrogen (secondary N) is 1. The molecule has 1 N–H and O–H groups in total. The number of halogens is 1. The van der Waals surface area contributed by atoms with Gasteiger partial charge >= 0.3 is 0 Å². The van der Waals surface area contributed by atoms with Gasteiger partial charge in [0.25, 0.3) is 10.0 Å². The van der Waals surface area contributed by atoms with Crippen molar-refractivity contribution >= 4 is 58.9 Å². The van der Waals surface area contributed by atoms with E-state index in [0.29, 0.717) is 28.2 Å². The standard InChI is InChI=1S/C24H26BrN3O6S2/c1-4-34-22-12-10-20(11-13-22)28(36(32,33)23-14-8-18(25)9-15-23)17-24(29)26-19-6-5-7-21(16-19)27(2)35(3,30)31/h5-16H,4,17H2,1-3H3,(H,26,29). The highest BCUT2D eigenvalue weighted by Gasteiger charge is 2.27. The minimum Gasteiger partial charge on any atom is -0.494 e. The first-order valence-electron chi connectivity index (χ1n) is 10.8. The van der Waals surface area contributed by atoms with Crippen molar-refractivity contribution in [3.63, 3.8) is 0 Å². The molecule has 9 nitrogen and oxygen atoms in total. The predicted molar refractivity (Wildman–Crippen MR) is 145 cm³/mol. The SMILES string of the molecule is CCOc1ccc(N(CC(=O)Nc2cccc(N(C)S(C)(=O)=O)c2)S(=O)(=O)c2ccc(Br)cc2)cc1. The third-order valence-corrected chi connectivity index (χ3v) is 8.64. The van der Waals surface area contributed by atoms with Gasteiger partial charge in [0.2, 0.25) is 15.9 Å². The summed E-state index contributed by atoms with van der Waals surface area (Å²) in [4.78, 5) is 13.0. The van der Waals surface area contributed by atoms with Gasteiger partial charge in [0, 0.05) is 17.2 Å². The van der Waals surface area contributed by atoms with Crippen LogP contribution in [0.4, 0.5) is 17.1 Å². The zero-order valence-corrected chi connectivity index (χ0v) is 23.1. The lowest BCUT2D eigenvalue weighted by atomic mass is 10.2. The van der Waals surface area contributed by atoms with E-state index in [-0.39, 0.29) is 10.6 Å². The second-order valence-corrected chi connectivity index (χ2v) is 12.5. The number of hydrogen-bond acceptors (Lipinski definition) is 6. The Morgan fingerprint density at radius 1 is 0.944 bits per heavy atom. The summed E-state index contributed by atoms with van der Waals surface area (Å²) in [6.07, 6.45) is 1.07. The Balaban J connectivity index is 1.91. The highest BCUT2D eigenvalue weighted by molar-refractivity contribution is 9.10. The van der Waals surface area contributed by atoms with Gasteiger partial charge in [-0.2, -0.15) is 0 Å². The number of anilines is 3. The number of amides is 1. The number of ether oxygens (including phenoxy) is 1. The molecule has 0 saturated carbocycles. The van der Waals surface area contributed by atoms with Crippen LogP contribution in [0.1, 0.15) is 6.92 Å². The Bertz CT molecular complexity index is 1430. The van der Waals surface area contributed by atoms with Crippen LogP contribution in [-0.2, 0) is 24.8 Å². The maximum atomic E-state index is 13.5. The van der Waals surface area contributed by atoms with Crippen molar-refractivity contribution in [3.05, 3.63) is 77.3 Å². The summed E-state index contributed by atoms with van der Waals surface area (Å²) in [7, 11) is -6.20. The number of hydrogen-bond donors (Lipinski definition) is 1. The Labute approximate surface area is 219 Å². The molecule has 0 aromatic heterocycles. The van der Waals surface area contributed by atoms with Gasteiger partial charge in [-0.15, -0.1) is 0 Å². The highest BCUT2D eigenvalue weighted by Crippen LogP contribution is 2.27. The molecular weight excluding hydrogens is 570 g/mol. The first-order valence-corrected chi connectivity index (χ1v) is 14.8. The summed E-state index contributed by atoms with van der Waals surface area (Å²) in [5.41, 5.74) is 0.948. The molecule has 0 heterocycles. The fraction of sp³-hybridized carbons (Fsp3) is 0.208. The van der Waals surface area contributed by atoms with Gasteiger partial charge < -0.3 is 10.1 Å². The van der Waals surface area contributed by atoms with Crippen LogP contribution in [-0.4, -0.2) is 49.2 Å². The van der Waals surface area contributed by atoms with Gasteiger partial charge in [-0.25, -0.2) is 16.8 Å². The monoisotopic (exact) mass is 595 g/mol. The molecule has 0 bridgehead atoms. The minimum atomic E-state index is -4.10. The van der Waals surface area contributed by atoms with E-state index in [1.165, 1.54) is 25.2 Å². The van der Waals surface area contributed by atoms with E-state index in [9.17, 15) is 21.6 Å². The van der Waals surface area contributed by atoms with Gasteiger partial charge in [0.15, 0.2) is 0 Å². The van der Waals surface area contributed by atoms with E-state index < -0.39 is 32.5 Å². The number of benzene rings is 3. The number of nitrogens with zero attached hydrogens (tertiary/aromatic N) is 2. The molecule has 0 spiro atoms. The summed E-state index contributed by atoms with van der Waals surface area (Å²) in [6, 6.07) is 18.7. The minimum absolute atomic E-state index is 0.0177. The molecule has 0 aliphatic heterocycles. The van der Waals surface area contributed by atoms with Crippen molar-refractivity contribution in [2.24, 2.45) is 0 Å². The number of rotatable bonds is 10. The first-order chi connectivity index (χ1) is 16.9. The molecule has 3 rings (SSSR count). The summed E-state index contributed by atoms with van der Waals surface area (Å²) < 4.78 is 59.0. The average molecular weight is 597 g/mol. The smallest absolute Gasteiger partial charge is 0.264 e. The Kier molecular flexibility index (Phi) is 8.64. The Morgan fingerprint density at radius 3 is 2.17 bits per heavy atom. The number of sulfonamides is 2. The molecule has 0 radical (unpaired) electrons. The maximum Gasteiger partial charge on any atom is 0.264 e. The molecule has 0 fully saturated rings. The molecule has 12 heteroatoms. The number of carbonyl (C=O) groups excluding carboxylic acids is 1. The fourth-order valence-corrected chi connectivity index (χ4v) is 5.41. The van der Waals surface area contributed by atoms with E-state index >= 15 is 0 Å². The normalized spacial score (nSPS) is 11.6. The van der Waals surface area contributed by atoms with Crippen molar-refractivity contribution in [2.45, 2.75) is 11.8 Å². The summed E-state index contributed by atoms with van der Waals surface area (Å²) in [6.45, 7) is 1.78. The van der Waals surface area contributed by atoms with Gasteiger partial charge in [0.05, 0.1) is 29.1 Å². The third kappa shape index (κ3) is 6.77. The zero-order valence-electron chi connectivity index (χ0n) is 19.9. The Morgan fingerprint density at radius 2 is 1.58 bits per heavy atom. The van der Waals surface area contributed by atoms with E-state index in [2.05, 4.69) is 21.2 Å². The van der Waals surface area contributed by atoms with E-state index in [1.807, 2.05) is 6.92 Å². The topological polar surface area (TPSA) is 113 Å². The molecule has 0 aliphatic rings. The van der Waals surface area contributed by atoms with Crippen LogP contribution >= 0.6 is 15.9 Å². The third-order valence-electron chi connectivity index (χ3n) is 5.12. The summed E-state index contributed by atoms with van der Waals surface area (Å²) >= 11 is 3.29. The Hall–Kier alpha value is -3.09. The van der Waals surface area contributed by atoms with Crippen molar-refractivity contribution in [2.75, 3.05) is 40.4 Å². The quantitative estimate of drug-likeness (QED) is 0.378. The molecule has 0 atom stereocenters. The fourth-order valence-electron chi connectivity index (χ4n) is 3.23. The molecule has 0 unspecified atom stereocenters. The van der Waals surface area contributed by atoms with E-state index in [1.54, 1.807) is 54.6 Å². The van der Waals surface area contributed by atoms with E-state index in [4.69, 9.17) is 4.74 Å². The van der Waals surface area contributed by atoms with Crippen LogP contribution in [0.25, 0.3) is 0 Å². The van der Waals surface area contributed by atoms with Crippen molar-refractivity contribution < 1.29 is 26.4 Å². The summed E-state index contributed by atoms with van der Waals surface area (Å²) in [5, 5.41) is 2.65. The molecular formula is C24H26BrN3O6S2. The van der Waals surface area contributed by atoms with Crippen LogP contribution in [0.5, 0.6) is 5.75 Å². The van der Waals surface area contributed by atoms with Crippen LogP contribution in [0.3, 0.4) is 0 Å². The summed E-state index contributed by atoms with van der Waals surface area (Å²) in [5.74, 6) is -0.0396. The lowest BCUT2D eigenvalue weighted by Crippen LogP contribution is -2.38. The van der Waals surface area contributed by atoms with Crippen LogP contribution in [0.2, 0.25) is 0 Å². The lowest BCUT2D eigenvalue weighted by Gasteiger charge is -2.24. The first kappa shape index (κ1) is 27.5. The van der Waals surface area contributed by atoms with Crippen molar-refractivity contribution in [1.82, 2.24) is 0 Å². The molecule has 192 valence electrons. The second kappa shape index (κ2) is 11.3. The zero-order chi connectivity index (χ0) is 26.5. The van der Waals surface area contributed by atoms with Crippen LogP contribution in [0, 0.1) is 0 Å². The van der Waals surface area contributed by atoms with Gasteiger partial charge in [-0.05, 0) is 73.7 Å². The highest BCUT2D eigenvalue weighted by atomic mass is 79.9. The largest absolute Gasteiger partial charge is 0.494 e. The van der Waals surface area contributed by atoms with Gasteiger partial charge in [-0.3, -0.25) is 13.4 Å². The second-order valence-electron chi connectivity index (χ2n) is 7.72. The van der Waals surface area contributed by atoms with Crippen LogP contribution < -0.4 is 18.7 Å². The van der Waals surface area contributed by atoms with Crippen molar-refractivity contribution in [3.8, 4) is 5.75 Å². The molecule has 0 saturated heterocycles. The van der Waals surface area contributed by atoms with Gasteiger partial charge in [0.1, 0.15) is 12.3 Å². The molecule has 3 aromatic rings. The van der Waals surface area contributed by atoms with Gasteiger partial charge in [-0.1, -0.05) is 22.0 Å². The molecule has 0 aliphatic carbocycles. The van der Waals surface area contributed by atoms with Crippen LogP contribution in [0.15, 0.2) is 82.2 Å². The molecule has 36 heavy (non-hydrogen) atoms. The molecule has 1 amide bonds. The van der Waals surface area contributed by atoms with Crippen molar-refractivity contribution in [1.29, 1.82) is 0 Å². The number of carbonyl (C=O) groups is 1. The van der Waals surface area contributed by atoms with E-state index in [0.717, 1.165) is 14.9 Å². The molecule has 3 aromatic carbocycles. The maximum absolute atomic E-state index is 13.5. The predicted octanol–water partition coefficient (Wildman–Crippen LogP) is 4.08. The lowest BCUT2D eigenvalue weighted by molar-refractivity contribution is -0.114.